The fourth-order valence-corrected chi connectivity index (χ4v) is 1.55. The summed E-state index contributed by atoms with van der Waals surface area (Å²) < 4.78 is 5.68. The number of hydrogen-bond acceptors (Lipinski definition) is 2. The van der Waals surface area contributed by atoms with Crippen LogP contribution in [0.5, 0.6) is 5.75 Å². The van der Waals surface area contributed by atoms with Crippen molar-refractivity contribution < 1.29 is 9.84 Å². The fourth-order valence-electron chi connectivity index (χ4n) is 1.55. The van der Waals surface area contributed by atoms with Crippen LogP contribution in [0.3, 0.4) is 0 Å². The van der Waals surface area contributed by atoms with Crippen LogP contribution in [0.1, 0.15) is 11.1 Å². The predicted octanol–water partition coefficient (Wildman–Crippen LogP) is 2.61. The van der Waals surface area contributed by atoms with E-state index in [1.807, 2.05) is 54.6 Å². The third-order valence-electron chi connectivity index (χ3n) is 2.39. The minimum absolute atomic E-state index is 0.130. The number of aliphatic hydroxyl groups excluding tert-OH is 1. The monoisotopic (exact) mass is 238 g/mol. The zero-order chi connectivity index (χ0) is 12.6. The Hall–Kier alpha value is -2.24. The average Bonchev–Trinajstić information content (AvgIpc) is 2.44. The number of rotatable bonds is 3. The van der Waals surface area contributed by atoms with Gasteiger partial charge in [0.25, 0.3) is 0 Å². The molecular formula is C16H14O2. The molecule has 0 heterocycles. The molecule has 1 N–H and O–H groups in total. The highest BCUT2D eigenvalue weighted by Gasteiger charge is 1.96. The molecule has 0 unspecified atom stereocenters. The topological polar surface area (TPSA) is 29.5 Å². The lowest BCUT2D eigenvalue weighted by atomic mass is 10.2. The van der Waals surface area contributed by atoms with Crippen molar-refractivity contribution >= 4 is 0 Å². The van der Waals surface area contributed by atoms with E-state index in [0.717, 1.165) is 16.9 Å². The van der Waals surface area contributed by atoms with E-state index in [2.05, 4.69) is 11.8 Å². The van der Waals surface area contributed by atoms with Gasteiger partial charge in [-0.15, -0.1) is 0 Å². The summed E-state index contributed by atoms with van der Waals surface area (Å²) in [7, 11) is 0. The molecule has 2 aromatic carbocycles. The summed E-state index contributed by atoms with van der Waals surface area (Å²) >= 11 is 0. The fraction of sp³-hybridized carbons (Fsp3) is 0.125. The molecule has 0 saturated carbocycles. The first-order valence-electron chi connectivity index (χ1n) is 5.75. The lowest BCUT2D eigenvalue weighted by molar-refractivity contribution is 0.306. The first kappa shape index (κ1) is 12.2. The summed E-state index contributed by atoms with van der Waals surface area (Å²) in [6.07, 6.45) is 0. The average molecular weight is 238 g/mol. The summed E-state index contributed by atoms with van der Waals surface area (Å²) in [6, 6.07) is 17.5. The Kier molecular flexibility index (Phi) is 4.40. The van der Waals surface area contributed by atoms with E-state index in [1.165, 1.54) is 0 Å². The van der Waals surface area contributed by atoms with Gasteiger partial charge in [0.15, 0.2) is 0 Å². The van der Waals surface area contributed by atoms with Crippen molar-refractivity contribution in [3.8, 4) is 17.6 Å². The van der Waals surface area contributed by atoms with Gasteiger partial charge in [0.05, 0.1) is 0 Å². The molecule has 0 aliphatic rings. The number of hydrogen-bond donors (Lipinski definition) is 1. The summed E-state index contributed by atoms with van der Waals surface area (Å²) in [5.74, 6) is 6.25. The van der Waals surface area contributed by atoms with Crippen LogP contribution in [0.25, 0.3) is 0 Å². The molecule has 0 fully saturated rings. The molecule has 0 spiro atoms. The number of aliphatic hydroxyl groups is 1. The van der Waals surface area contributed by atoms with Crippen molar-refractivity contribution in [1.29, 1.82) is 0 Å². The SMILES string of the molecule is OCC#Cc1cccc(OCc2ccccc2)c1. The molecule has 18 heavy (non-hydrogen) atoms. The summed E-state index contributed by atoms with van der Waals surface area (Å²) in [5, 5.41) is 8.64. The maximum absolute atomic E-state index is 8.64. The molecule has 2 nitrogen and oxygen atoms in total. The van der Waals surface area contributed by atoms with Gasteiger partial charge in [-0.3, -0.25) is 0 Å². The molecule has 0 bridgehead atoms. The van der Waals surface area contributed by atoms with E-state index in [4.69, 9.17) is 9.84 Å². The number of benzene rings is 2. The molecule has 0 aliphatic carbocycles. The molecule has 0 amide bonds. The van der Waals surface area contributed by atoms with Gasteiger partial charge in [0, 0.05) is 5.56 Å². The van der Waals surface area contributed by atoms with Gasteiger partial charge in [0.1, 0.15) is 19.0 Å². The predicted molar refractivity (Wildman–Crippen MR) is 71.2 cm³/mol. The second kappa shape index (κ2) is 6.48. The van der Waals surface area contributed by atoms with Crippen molar-refractivity contribution in [2.75, 3.05) is 6.61 Å². The van der Waals surface area contributed by atoms with Crippen LogP contribution in [-0.4, -0.2) is 11.7 Å². The van der Waals surface area contributed by atoms with Crippen LogP contribution >= 0.6 is 0 Å². The third kappa shape index (κ3) is 3.65. The highest BCUT2D eigenvalue weighted by molar-refractivity contribution is 5.39. The van der Waals surface area contributed by atoms with Crippen molar-refractivity contribution in [3.05, 3.63) is 65.7 Å². The van der Waals surface area contributed by atoms with Gasteiger partial charge in [-0.25, -0.2) is 0 Å². The molecule has 0 atom stereocenters. The highest BCUT2D eigenvalue weighted by atomic mass is 16.5. The first-order chi connectivity index (χ1) is 8.88. The lowest BCUT2D eigenvalue weighted by Crippen LogP contribution is -1.95. The van der Waals surface area contributed by atoms with E-state index in [1.54, 1.807) is 0 Å². The van der Waals surface area contributed by atoms with E-state index in [9.17, 15) is 0 Å². The third-order valence-corrected chi connectivity index (χ3v) is 2.39. The molecule has 0 aliphatic heterocycles. The van der Waals surface area contributed by atoms with Gasteiger partial charge >= 0.3 is 0 Å². The van der Waals surface area contributed by atoms with Gasteiger partial charge in [-0.05, 0) is 23.8 Å². The van der Waals surface area contributed by atoms with Gasteiger partial charge in [-0.1, -0.05) is 48.2 Å². The first-order valence-corrected chi connectivity index (χ1v) is 5.75. The maximum atomic E-state index is 8.64. The molecule has 0 radical (unpaired) electrons. The minimum atomic E-state index is -0.130. The standard InChI is InChI=1S/C16H14O2/c17-11-5-9-14-8-4-10-16(12-14)18-13-15-6-2-1-3-7-15/h1-4,6-8,10,12,17H,11,13H2. The Balaban J connectivity index is 2.01. The zero-order valence-electron chi connectivity index (χ0n) is 9.97. The van der Waals surface area contributed by atoms with Crippen LogP contribution in [0.2, 0.25) is 0 Å². The largest absolute Gasteiger partial charge is 0.489 e. The Labute approximate surface area is 107 Å². The van der Waals surface area contributed by atoms with Gasteiger partial charge in [0.2, 0.25) is 0 Å². The minimum Gasteiger partial charge on any atom is -0.489 e. The van der Waals surface area contributed by atoms with Crippen molar-refractivity contribution in [3.63, 3.8) is 0 Å². The van der Waals surface area contributed by atoms with Gasteiger partial charge in [-0.2, -0.15) is 0 Å². The van der Waals surface area contributed by atoms with E-state index < -0.39 is 0 Å². The van der Waals surface area contributed by atoms with Crippen molar-refractivity contribution in [2.24, 2.45) is 0 Å². The second-order valence-corrected chi connectivity index (χ2v) is 3.76. The number of ether oxygens (including phenoxy) is 1. The Morgan fingerprint density at radius 2 is 1.83 bits per heavy atom. The van der Waals surface area contributed by atoms with Gasteiger partial charge < -0.3 is 9.84 Å². The molecule has 90 valence electrons. The summed E-state index contributed by atoms with van der Waals surface area (Å²) in [6.45, 7) is 0.410. The Morgan fingerprint density at radius 3 is 2.61 bits per heavy atom. The smallest absolute Gasteiger partial charge is 0.121 e. The quantitative estimate of drug-likeness (QED) is 0.833. The van der Waals surface area contributed by atoms with Crippen molar-refractivity contribution in [2.45, 2.75) is 6.61 Å². The van der Waals surface area contributed by atoms with Crippen LogP contribution in [0.15, 0.2) is 54.6 Å². The van der Waals surface area contributed by atoms with E-state index >= 15 is 0 Å². The molecule has 2 rings (SSSR count). The van der Waals surface area contributed by atoms with Crippen LogP contribution in [0.4, 0.5) is 0 Å². The Bertz CT molecular complexity index is 550. The molecule has 0 aromatic heterocycles. The normalized spacial score (nSPS) is 9.39. The molecule has 0 saturated heterocycles. The highest BCUT2D eigenvalue weighted by Crippen LogP contribution is 2.14. The van der Waals surface area contributed by atoms with E-state index in [0.29, 0.717) is 6.61 Å². The molecule has 2 heteroatoms. The van der Waals surface area contributed by atoms with Crippen LogP contribution in [0, 0.1) is 11.8 Å². The van der Waals surface area contributed by atoms with Crippen molar-refractivity contribution in [1.82, 2.24) is 0 Å². The lowest BCUT2D eigenvalue weighted by Gasteiger charge is -2.06. The second-order valence-electron chi connectivity index (χ2n) is 3.76. The maximum Gasteiger partial charge on any atom is 0.121 e. The summed E-state index contributed by atoms with van der Waals surface area (Å²) in [4.78, 5) is 0. The van der Waals surface area contributed by atoms with E-state index in [-0.39, 0.29) is 6.61 Å². The Morgan fingerprint density at radius 1 is 1.00 bits per heavy atom. The zero-order valence-corrected chi connectivity index (χ0v) is 9.97. The molecule has 2 aromatic rings. The summed E-state index contributed by atoms with van der Waals surface area (Å²) in [5.41, 5.74) is 1.97. The van der Waals surface area contributed by atoms with Crippen LogP contribution in [-0.2, 0) is 6.61 Å². The van der Waals surface area contributed by atoms with Crippen LogP contribution < -0.4 is 4.74 Å². The molecular weight excluding hydrogens is 224 g/mol.